The van der Waals surface area contributed by atoms with Gasteiger partial charge in [0.05, 0.1) is 38.1 Å². The van der Waals surface area contributed by atoms with Crippen LogP contribution in [0.3, 0.4) is 0 Å². The van der Waals surface area contributed by atoms with Gasteiger partial charge in [-0.3, -0.25) is 34.7 Å². The summed E-state index contributed by atoms with van der Waals surface area (Å²) in [5, 5.41) is 29.9. The maximum Gasteiger partial charge on any atom is 0.278 e. The molecule has 5 aromatic rings. The monoisotopic (exact) mass is 730 g/mol. The molecule has 0 unspecified atom stereocenters. The van der Waals surface area contributed by atoms with E-state index in [-0.39, 0.29) is 71.5 Å². The van der Waals surface area contributed by atoms with Crippen molar-refractivity contribution in [2.45, 2.75) is 6.42 Å². The van der Waals surface area contributed by atoms with Crippen LogP contribution in [0.25, 0.3) is 10.1 Å². The molecule has 19 heteroatoms. The third-order valence-electron chi connectivity index (χ3n) is 7.13. The molecule has 7 N–H and O–H groups in total. The number of anilines is 3. The molecule has 4 aromatic heterocycles. The van der Waals surface area contributed by atoms with Gasteiger partial charge in [0.1, 0.15) is 17.1 Å². The zero-order valence-corrected chi connectivity index (χ0v) is 28.7. The van der Waals surface area contributed by atoms with Gasteiger partial charge < -0.3 is 40.7 Å². The smallest absolute Gasteiger partial charge is 0.278 e. The van der Waals surface area contributed by atoms with E-state index >= 15 is 0 Å². The molecule has 16 nitrogen and oxygen atoms in total. The van der Waals surface area contributed by atoms with Gasteiger partial charge in [-0.1, -0.05) is 6.07 Å². The zero-order valence-electron chi connectivity index (χ0n) is 26.2. The molecule has 0 aliphatic rings. The number of carbonyl (C=O) groups is 4. The average molecular weight is 732 g/mol. The molecule has 4 heterocycles. The van der Waals surface area contributed by atoms with Gasteiger partial charge >= 0.3 is 0 Å². The van der Waals surface area contributed by atoms with Crippen LogP contribution in [0.1, 0.15) is 47.6 Å². The first-order valence-corrected chi connectivity index (χ1v) is 14.8. The van der Waals surface area contributed by atoms with E-state index in [0.29, 0.717) is 32.8 Å². The molecule has 5 rings (SSSR count). The number of non-ortho nitro benzene ring substituents is 1. The Labute approximate surface area is 295 Å². The van der Waals surface area contributed by atoms with Gasteiger partial charge in [-0.2, -0.15) is 0 Å². The van der Waals surface area contributed by atoms with E-state index in [1.807, 2.05) is 0 Å². The molecule has 49 heavy (non-hydrogen) atoms. The molecule has 0 fully saturated rings. The number of rotatable bonds is 11. The number of nitro benzene ring substituents is 1. The van der Waals surface area contributed by atoms with Crippen molar-refractivity contribution in [1.29, 1.82) is 5.41 Å². The molecule has 4 amide bonds. The summed E-state index contributed by atoms with van der Waals surface area (Å²) in [6, 6.07) is 10.6. The van der Waals surface area contributed by atoms with E-state index < -0.39 is 22.6 Å². The number of thiophene rings is 1. The van der Waals surface area contributed by atoms with Crippen LogP contribution in [0.4, 0.5) is 22.7 Å². The number of halogens is 2. The summed E-state index contributed by atoms with van der Waals surface area (Å²) in [7, 11) is 4.93. The predicted octanol–water partition coefficient (Wildman–Crippen LogP) is 4.48. The van der Waals surface area contributed by atoms with Crippen LogP contribution in [-0.2, 0) is 21.1 Å². The highest BCUT2D eigenvalue weighted by molar-refractivity contribution is 7.21. The van der Waals surface area contributed by atoms with E-state index in [9.17, 15) is 29.3 Å². The molecule has 0 aliphatic heterocycles. The summed E-state index contributed by atoms with van der Waals surface area (Å²) in [5.74, 6) is -1.87. The summed E-state index contributed by atoms with van der Waals surface area (Å²) >= 11 is 1.12. The molecular formula is C30H32Cl2N10O6S. The Morgan fingerprint density at radius 3 is 1.73 bits per heavy atom. The van der Waals surface area contributed by atoms with E-state index in [1.165, 1.54) is 39.5 Å². The highest BCUT2D eigenvalue weighted by Crippen LogP contribution is 2.33. The fourth-order valence-corrected chi connectivity index (χ4v) is 5.85. The van der Waals surface area contributed by atoms with Crippen LogP contribution in [0, 0.1) is 15.5 Å². The highest BCUT2D eigenvalue weighted by Gasteiger charge is 2.21. The number of nitrogens with one attached hydrogen (secondary N) is 5. The summed E-state index contributed by atoms with van der Waals surface area (Å²) < 4.78 is 5.22. The minimum absolute atomic E-state index is 0. The Bertz CT molecular complexity index is 2100. The lowest BCUT2D eigenvalue weighted by atomic mass is 10.2. The molecule has 0 bridgehead atoms. The van der Waals surface area contributed by atoms with Crippen LogP contribution in [-0.4, -0.2) is 54.6 Å². The first kappa shape index (κ1) is 37.8. The molecule has 0 radical (unpaired) electrons. The Balaban J connectivity index is 0.00000325. The zero-order chi connectivity index (χ0) is 34.0. The lowest BCUT2D eigenvalue weighted by Crippen LogP contribution is -2.28. The number of benzene rings is 1. The Kier molecular flexibility index (Phi) is 12.0. The topological polar surface area (TPSA) is 224 Å². The predicted molar refractivity (Wildman–Crippen MR) is 192 cm³/mol. The second-order valence-corrected chi connectivity index (χ2v) is 11.7. The van der Waals surface area contributed by atoms with Crippen molar-refractivity contribution in [3.8, 4) is 0 Å². The van der Waals surface area contributed by atoms with Crippen LogP contribution >= 0.6 is 36.2 Å². The van der Waals surface area contributed by atoms with E-state index in [2.05, 4.69) is 21.3 Å². The SMILES string of the molecule is Cl.Cl.Cn1cc(NC(=O)c2cc(NC(=O)c3cc(NC(=O)c4cc5c([N+](=O)[O-])cccc5s4)cn3C)cn2C)cc1C(=O)NCCC(=N)N. The second-order valence-electron chi connectivity index (χ2n) is 10.6. The van der Waals surface area contributed by atoms with E-state index in [1.54, 1.807) is 56.4 Å². The molecule has 0 saturated carbocycles. The number of amides is 4. The summed E-state index contributed by atoms with van der Waals surface area (Å²) in [4.78, 5) is 62.7. The number of nitrogens with zero attached hydrogens (tertiary/aromatic N) is 4. The van der Waals surface area contributed by atoms with Gasteiger partial charge in [-0.25, -0.2) is 0 Å². The lowest BCUT2D eigenvalue weighted by Gasteiger charge is -2.04. The summed E-state index contributed by atoms with van der Waals surface area (Å²) in [6.07, 6.45) is 4.93. The van der Waals surface area contributed by atoms with Gasteiger partial charge in [0.25, 0.3) is 29.3 Å². The Hall–Kier alpha value is -5.65. The van der Waals surface area contributed by atoms with Gasteiger partial charge in [0, 0.05) is 63.5 Å². The molecule has 1 aromatic carbocycles. The Morgan fingerprint density at radius 2 is 1.27 bits per heavy atom. The van der Waals surface area contributed by atoms with Crippen LogP contribution in [0.2, 0.25) is 0 Å². The van der Waals surface area contributed by atoms with Crippen molar-refractivity contribution in [1.82, 2.24) is 19.0 Å². The van der Waals surface area contributed by atoms with Crippen molar-refractivity contribution in [3.05, 3.63) is 93.1 Å². The highest BCUT2D eigenvalue weighted by atomic mass is 35.5. The first-order valence-electron chi connectivity index (χ1n) is 14.0. The number of hydrogen-bond donors (Lipinski definition) is 6. The normalized spacial score (nSPS) is 10.4. The number of amidine groups is 1. The van der Waals surface area contributed by atoms with Crippen LogP contribution in [0.5, 0.6) is 0 Å². The molecule has 0 saturated heterocycles. The number of aromatic nitrogens is 3. The number of nitrogens with two attached hydrogens (primary N) is 1. The van der Waals surface area contributed by atoms with Gasteiger partial charge in [0.2, 0.25) is 0 Å². The molecule has 0 aliphatic carbocycles. The quantitative estimate of drug-likeness (QED) is 0.0494. The van der Waals surface area contributed by atoms with Crippen molar-refractivity contribution in [2.75, 3.05) is 22.5 Å². The summed E-state index contributed by atoms with van der Waals surface area (Å²) in [5.41, 5.74) is 7.06. The minimum atomic E-state index is -0.497. The molecule has 0 atom stereocenters. The average Bonchev–Trinajstić information content (AvgIpc) is 3.77. The third-order valence-corrected chi connectivity index (χ3v) is 8.22. The van der Waals surface area contributed by atoms with E-state index in [4.69, 9.17) is 11.1 Å². The number of aryl methyl sites for hydroxylation is 3. The van der Waals surface area contributed by atoms with E-state index in [0.717, 1.165) is 11.3 Å². The first-order chi connectivity index (χ1) is 22.3. The maximum atomic E-state index is 13.1. The van der Waals surface area contributed by atoms with Gasteiger partial charge in [-0.05, 0) is 30.3 Å². The minimum Gasteiger partial charge on any atom is -0.388 e. The Morgan fingerprint density at radius 1 is 0.796 bits per heavy atom. The molecule has 0 spiro atoms. The fraction of sp³-hybridized carbons (Fsp3) is 0.167. The van der Waals surface area contributed by atoms with Crippen LogP contribution in [0.15, 0.2) is 61.1 Å². The van der Waals surface area contributed by atoms with Crippen molar-refractivity contribution in [3.63, 3.8) is 0 Å². The lowest BCUT2D eigenvalue weighted by molar-refractivity contribution is -0.383. The summed E-state index contributed by atoms with van der Waals surface area (Å²) in [6.45, 7) is 0.207. The molecule has 258 valence electrons. The number of fused-ring (bicyclic) bond motifs is 1. The number of hydrogen-bond acceptors (Lipinski definition) is 8. The fourth-order valence-electron chi connectivity index (χ4n) is 4.88. The maximum absolute atomic E-state index is 13.1. The van der Waals surface area contributed by atoms with Crippen molar-refractivity contribution < 1.29 is 24.1 Å². The second kappa shape index (κ2) is 15.5. The van der Waals surface area contributed by atoms with Crippen molar-refractivity contribution >= 4 is 98.5 Å². The largest absolute Gasteiger partial charge is 0.388 e. The van der Waals surface area contributed by atoms with Crippen molar-refractivity contribution in [2.24, 2.45) is 26.9 Å². The van der Waals surface area contributed by atoms with Gasteiger partial charge in [-0.15, -0.1) is 36.2 Å². The van der Waals surface area contributed by atoms with Crippen LogP contribution < -0.4 is 27.0 Å². The standard InChI is InChI=1S/C30H30N10O6S.2ClH/c1-37-13-16(9-21(37)27(41)33-8-7-26(31)32)34-28(42)22-10-17(14-38(22)2)35-29(43)23-11-18(15-39(23)3)36-30(44)25-12-19-20(40(45)46)5-4-6-24(19)47-25;;/h4-6,9-15H,7-8H2,1-3H3,(H3,31,32)(H,33,41)(H,34,42)(H,35,43)(H,36,44);2*1H. The van der Waals surface area contributed by atoms with Gasteiger partial charge in [0.15, 0.2) is 0 Å². The third kappa shape index (κ3) is 8.45. The molecular weight excluding hydrogens is 699 g/mol. The number of nitro groups is 1. The number of carbonyl (C=O) groups excluding carboxylic acids is 4.